The van der Waals surface area contributed by atoms with Gasteiger partial charge in [0.25, 0.3) is 0 Å². The monoisotopic (exact) mass is 190 g/mol. The fourth-order valence-electron chi connectivity index (χ4n) is 0.493. The Kier molecular flexibility index (Phi) is 11.6. The standard InChI is InChI=1S/C6H6O2.2O.Ti/c7-5-2-1-3-6(8)4-5;;;/h1-4,7-8H;;;/q;2*-2;+4. The van der Waals surface area contributed by atoms with E-state index in [2.05, 4.69) is 0 Å². The first-order valence-corrected chi connectivity index (χ1v) is 2.27. The summed E-state index contributed by atoms with van der Waals surface area (Å²) in [5.74, 6) is 0.176. The molecule has 0 aliphatic rings. The molecule has 0 aromatic heterocycles. The molecule has 5 heteroatoms. The van der Waals surface area contributed by atoms with Crippen LogP contribution >= 0.6 is 0 Å². The number of phenols is 2. The van der Waals surface area contributed by atoms with E-state index >= 15 is 0 Å². The van der Waals surface area contributed by atoms with Crippen molar-refractivity contribution in [1.82, 2.24) is 0 Å². The van der Waals surface area contributed by atoms with Gasteiger partial charge in [-0.1, -0.05) is 6.07 Å². The van der Waals surface area contributed by atoms with Gasteiger partial charge in [-0.2, -0.15) is 0 Å². The average Bonchev–Trinajstić information content (AvgIpc) is 1.64. The van der Waals surface area contributed by atoms with Gasteiger partial charge in [-0.15, -0.1) is 0 Å². The molecule has 0 unspecified atom stereocenters. The van der Waals surface area contributed by atoms with Crippen LogP contribution in [0.15, 0.2) is 24.3 Å². The third-order valence-electron chi connectivity index (χ3n) is 0.830. The molecule has 0 saturated carbocycles. The summed E-state index contributed by atoms with van der Waals surface area (Å²) in [6.45, 7) is 0. The van der Waals surface area contributed by atoms with E-state index in [0.29, 0.717) is 0 Å². The van der Waals surface area contributed by atoms with Gasteiger partial charge in [-0.3, -0.25) is 0 Å². The van der Waals surface area contributed by atoms with E-state index in [1.165, 1.54) is 18.2 Å². The summed E-state index contributed by atoms with van der Waals surface area (Å²) in [6, 6.07) is 5.85. The van der Waals surface area contributed by atoms with E-state index in [1.807, 2.05) is 0 Å². The summed E-state index contributed by atoms with van der Waals surface area (Å²) in [6.07, 6.45) is 0. The van der Waals surface area contributed by atoms with Crippen LogP contribution in [-0.2, 0) is 32.7 Å². The van der Waals surface area contributed by atoms with Crippen molar-refractivity contribution in [2.45, 2.75) is 0 Å². The third kappa shape index (κ3) is 5.88. The Hall–Kier alpha value is -0.546. The zero-order valence-corrected chi connectivity index (χ0v) is 7.08. The van der Waals surface area contributed by atoms with Gasteiger partial charge in [0, 0.05) is 6.07 Å². The Morgan fingerprint density at radius 2 is 1.27 bits per heavy atom. The van der Waals surface area contributed by atoms with Gasteiger partial charge in [0.05, 0.1) is 0 Å². The van der Waals surface area contributed by atoms with E-state index in [9.17, 15) is 0 Å². The molecule has 58 valence electrons. The molecule has 0 bridgehead atoms. The largest absolute Gasteiger partial charge is 4.00 e. The molecule has 1 aromatic carbocycles. The van der Waals surface area contributed by atoms with Crippen LogP contribution in [0.1, 0.15) is 0 Å². The predicted molar refractivity (Wildman–Crippen MR) is 31.1 cm³/mol. The molecule has 0 amide bonds. The number of hydrogen-bond acceptors (Lipinski definition) is 2. The average molecular weight is 190 g/mol. The quantitative estimate of drug-likeness (QED) is 0.593. The normalized spacial score (nSPS) is 6.55. The molecule has 11 heavy (non-hydrogen) atoms. The molecule has 0 radical (unpaired) electrons. The second kappa shape index (κ2) is 7.56. The zero-order valence-electron chi connectivity index (χ0n) is 5.52. The van der Waals surface area contributed by atoms with Gasteiger partial charge in [0.2, 0.25) is 0 Å². The van der Waals surface area contributed by atoms with Crippen LogP contribution in [0.4, 0.5) is 0 Å². The Bertz CT molecular complexity index is 174. The van der Waals surface area contributed by atoms with Crippen LogP contribution in [0.25, 0.3) is 0 Å². The van der Waals surface area contributed by atoms with Crippen LogP contribution in [0.3, 0.4) is 0 Å². The molecular formula is C6H6O4Ti. The van der Waals surface area contributed by atoms with E-state index in [4.69, 9.17) is 10.2 Å². The van der Waals surface area contributed by atoms with Crippen LogP contribution in [0, 0.1) is 0 Å². The molecule has 0 saturated heterocycles. The number of aromatic hydroxyl groups is 2. The van der Waals surface area contributed by atoms with Crippen molar-refractivity contribution >= 4 is 0 Å². The Balaban J connectivity index is -0.000000213. The fraction of sp³-hybridized carbons (Fsp3) is 0. The zero-order chi connectivity index (χ0) is 5.98. The fourth-order valence-corrected chi connectivity index (χ4v) is 0.493. The minimum atomic E-state index is 0. The first kappa shape index (κ1) is 16.8. The summed E-state index contributed by atoms with van der Waals surface area (Å²) in [4.78, 5) is 0. The van der Waals surface area contributed by atoms with Gasteiger partial charge >= 0.3 is 21.7 Å². The number of rotatable bonds is 0. The second-order valence-electron chi connectivity index (χ2n) is 1.52. The summed E-state index contributed by atoms with van der Waals surface area (Å²) in [5, 5.41) is 17.3. The number of hydrogen-bond donors (Lipinski definition) is 2. The van der Waals surface area contributed by atoms with Crippen LogP contribution in [-0.4, -0.2) is 10.2 Å². The van der Waals surface area contributed by atoms with E-state index in [1.54, 1.807) is 6.07 Å². The summed E-state index contributed by atoms with van der Waals surface area (Å²) < 4.78 is 0. The van der Waals surface area contributed by atoms with Crippen molar-refractivity contribution in [2.24, 2.45) is 0 Å². The first-order chi connectivity index (χ1) is 3.79. The Labute approximate surface area is 79.0 Å². The predicted octanol–water partition coefficient (Wildman–Crippen LogP) is 0.858. The molecule has 0 aliphatic heterocycles. The molecule has 1 rings (SSSR count). The van der Waals surface area contributed by atoms with Crippen LogP contribution < -0.4 is 0 Å². The van der Waals surface area contributed by atoms with Crippen molar-refractivity contribution in [3.63, 3.8) is 0 Å². The van der Waals surface area contributed by atoms with Crippen molar-refractivity contribution in [3.8, 4) is 11.5 Å². The maximum atomic E-state index is 8.65. The van der Waals surface area contributed by atoms with Gasteiger partial charge in [0.1, 0.15) is 11.5 Å². The molecule has 4 nitrogen and oxygen atoms in total. The van der Waals surface area contributed by atoms with Crippen molar-refractivity contribution in [3.05, 3.63) is 24.3 Å². The van der Waals surface area contributed by atoms with Crippen molar-refractivity contribution < 1.29 is 42.9 Å². The van der Waals surface area contributed by atoms with Gasteiger partial charge in [-0.05, 0) is 12.1 Å². The maximum absolute atomic E-state index is 8.65. The minimum absolute atomic E-state index is 0. The smallest absolute Gasteiger partial charge is 2.00 e. The van der Waals surface area contributed by atoms with Crippen molar-refractivity contribution in [1.29, 1.82) is 0 Å². The van der Waals surface area contributed by atoms with Crippen LogP contribution in [0.5, 0.6) is 11.5 Å². The van der Waals surface area contributed by atoms with E-state index < -0.39 is 0 Å². The first-order valence-electron chi connectivity index (χ1n) is 2.27. The topological polar surface area (TPSA) is 97.5 Å². The summed E-state index contributed by atoms with van der Waals surface area (Å²) in [7, 11) is 0. The number of phenolic OH excluding ortho intramolecular Hbond substituents is 2. The van der Waals surface area contributed by atoms with Gasteiger partial charge in [0.15, 0.2) is 0 Å². The van der Waals surface area contributed by atoms with E-state index in [0.717, 1.165) is 0 Å². The molecular weight excluding hydrogens is 184 g/mol. The summed E-state index contributed by atoms with van der Waals surface area (Å²) in [5.41, 5.74) is 0. The molecule has 0 fully saturated rings. The molecule has 0 aliphatic carbocycles. The van der Waals surface area contributed by atoms with Gasteiger partial charge < -0.3 is 21.2 Å². The third-order valence-corrected chi connectivity index (χ3v) is 0.830. The molecule has 0 spiro atoms. The van der Waals surface area contributed by atoms with Crippen molar-refractivity contribution in [2.75, 3.05) is 0 Å². The SMILES string of the molecule is Oc1cccc(O)c1.[O-2].[O-2].[Ti+4]. The molecule has 0 atom stereocenters. The minimum Gasteiger partial charge on any atom is -2.00 e. The summed E-state index contributed by atoms with van der Waals surface area (Å²) >= 11 is 0. The van der Waals surface area contributed by atoms with Crippen LogP contribution in [0.2, 0.25) is 0 Å². The maximum Gasteiger partial charge on any atom is 4.00 e. The Morgan fingerprint density at radius 3 is 1.45 bits per heavy atom. The second-order valence-corrected chi connectivity index (χ2v) is 1.52. The molecule has 1 aromatic rings. The molecule has 0 heterocycles. The number of benzene rings is 1. The molecule has 2 N–H and O–H groups in total. The Morgan fingerprint density at radius 1 is 0.909 bits per heavy atom. The van der Waals surface area contributed by atoms with E-state index in [-0.39, 0.29) is 44.2 Å². The van der Waals surface area contributed by atoms with Gasteiger partial charge in [-0.25, -0.2) is 0 Å².